The van der Waals surface area contributed by atoms with E-state index in [4.69, 9.17) is 9.47 Å². The second-order valence-electron chi connectivity index (χ2n) is 5.10. The van der Waals surface area contributed by atoms with Gasteiger partial charge in [-0.2, -0.15) is 4.98 Å². The molecule has 2 aromatic heterocycles. The Kier molecular flexibility index (Phi) is 5.16. The molecule has 3 aromatic rings. The Labute approximate surface area is 155 Å². The van der Waals surface area contributed by atoms with Gasteiger partial charge < -0.3 is 9.47 Å². The van der Waals surface area contributed by atoms with E-state index in [1.54, 1.807) is 43.5 Å². The molecule has 3 rings (SSSR count). The van der Waals surface area contributed by atoms with Gasteiger partial charge in [0, 0.05) is 11.5 Å². The summed E-state index contributed by atoms with van der Waals surface area (Å²) in [5.41, 5.74) is 0.673. The number of ether oxygens (including phenoxy) is 2. The molecule has 0 bridgehead atoms. The Balaban J connectivity index is 2.17. The van der Waals surface area contributed by atoms with E-state index in [9.17, 15) is 13.6 Å². The minimum absolute atomic E-state index is 0.0377. The predicted octanol–water partition coefficient (Wildman–Crippen LogP) is 3.64. The van der Waals surface area contributed by atoms with Gasteiger partial charge in [-0.25, -0.2) is 8.78 Å². The molecule has 0 amide bonds. The number of nitrogens with zero attached hydrogens (tertiary/aromatic N) is 2. The van der Waals surface area contributed by atoms with E-state index in [2.05, 4.69) is 4.98 Å². The van der Waals surface area contributed by atoms with Crippen LogP contribution in [-0.2, 0) is 0 Å². The number of aromatic nitrogens is 2. The van der Waals surface area contributed by atoms with Gasteiger partial charge in [-0.1, -0.05) is 0 Å². The van der Waals surface area contributed by atoms with Crippen molar-refractivity contribution in [2.75, 3.05) is 13.7 Å². The molecule has 0 aliphatic carbocycles. The summed E-state index contributed by atoms with van der Waals surface area (Å²) >= 11 is 1.96. The summed E-state index contributed by atoms with van der Waals surface area (Å²) in [7, 11) is 1.55. The molecule has 0 aliphatic heterocycles. The standard InChI is InChI=1S/C17H13F2IN2O3/c1-24-12-5-3-11(4-6-12)22-16-10(8-13(20)17(22)23)2-7-15(21-16)25-9-14(18)19/h2-8,14H,9H2,1H3. The number of hydrogen-bond acceptors (Lipinski definition) is 4. The smallest absolute Gasteiger partial charge is 0.272 e. The molecule has 0 atom stereocenters. The minimum atomic E-state index is -2.60. The van der Waals surface area contributed by atoms with Gasteiger partial charge in [-0.05, 0) is 59.0 Å². The first-order valence-electron chi connectivity index (χ1n) is 7.27. The van der Waals surface area contributed by atoms with Crippen molar-refractivity contribution in [1.29, 1.82) is 0 Å². The zero-order valence-electron chi connectivity index (χ0n) is 13.1. The first-order chi connectivity index (χ1) is 12.0. The second-order valence-corrected chi connectivity index (χ2v) is 6.26. The van der Waals surface area contributed by atoms with Crippen molar-refractivity contribution in [3.63, 3.8) is 0 Å². The highest BCUT2D eigenvalue weighted by molar-refractivity contribution is 14.1. The van der Waals surface area contributed by atoms with Gasteiger partial charge in [0.15, 0.2) is 12.3 Å². The van der Waals surface area contributed by atoms with Crippen molar-refractivity contribution >= 4 is 33.6 Å². The van der Waals surface area contributed by atoms with Gasteiger partial charge in [0.1, 0.15) is 5.75 Å². The van der Waals surface area contributed by atoms with Crippen molar-refractivity contribution < 1.29 is 18.3 Å². The molecule has 0 N–H and O–H groups in total. The number of benzene rings is 1. The van der Waals surface area contributed by atoms with Crippen LogP contribution in [-0.4, -0.2) is 29.7 Å². The van der Waals surface area contributed by atoms with Crippen molar-refractivity contribution in [1.82, 2.24) is 9.55 Å². The van der Waals surface area contributed by atoms with Crippen LogP contribution in [0.1, 0.15) is 0 Å². The number of methoxy groups -OCH3 is 1. The Morgan fingerprint density at radius 1 is 1.20 bits per heavy atom. The quantitative estimate of drug-likeness (QED) is 0.548. The fourth-order valence-electron chi connectivity index (χ4n) is 2.33. The van der Waals surface area contributed by atoms with Gasteiger partial charge in [0.05, 0.1) is 16.4 Å². The fourth-order valence-corrected chi connectivity index (χ4v) is 2.91. The van der Waals surface area contributed by atoms with Crippen molar-refractivity contribution in [2.45, 2.75) is 6.43 Å². The van der Waals surface area contributed by atoms with Gasteiger partial charge in [-0.3, -0.25) is 9.36 Å². The van der Waals surface area contributed by atoms with Crippen LogP contribution < -0.4 is 15.0 Å². The fraction of sp³-hybridized carbons (Fsp3) is 0.176. The van der Waals surface area contributed by atoms with Gasteiger partial charge in [-0.15, -0.1) is 0 Å². The Morgan fingerprint density at radius 2 is 1.92 bits per heavy atom. The summed E-state index contributed by atoms with van der Waals surface area (Å²) < 4.78 is 36.7. The summed E-state index contributed by atoms with van der Waals surface area (Å²) in [6.07, 6.45) is -2.60. The molecule has 0 radical (unpaired) electrons. The van der Waals surface area contributed by atoms with Crippen LogP contribution in [0, 0.1) is 3.57 Å². The van der Waals surface area contributed by atoms with E-state index >= 15 is 0 Å². The largest absolute Gasteiger partial charge is 0.497 e. The van der Waals surface area contributed by atoms with Crippen LogP contribution in [0.2, 0.25) is 0 Å². The summed E-state index contributed by atoms with van der Waals surface area (Å²) in [5.74, 6) is 0.691. The van der Waals surface area contributed by atoms with E-state index in [-0.39, 0.29) is 11.4 Å². The highest BCUT2D eigenvalue weighted by Crippen LogP contribution is 2.22. The second kappa shape index (κ2) is 7.34. The van der Waals surface area contributed by atoms with E-state index in [1.165, 1.54) is 10.6 Å². The molecule has 0 saturated heterocycles. The lowest BCUT2D eigenvalue weighted by Crippen LogP contribution is -2.22. The van der Waals surface area contributed by atoms with Crippen molar-refractivity contribution in [3.8, 4) is 17.3 Å². The molecular formula is C17H13F2IN2O3. The zero-order valence-corrected chi connectivity index (χ0v) is 15.2. The number of pyridine rings is 2. The van der Waals surface area contributed by atoms with Crippen LogP contribution in [0.15, 0.2) is 47.3 Å². The van der Waals surface area contributed by atoms with E-state index < -0.39 is 13.0 Å². The third-order valence-electron chi connectivity index (χ3n) is 3.47. The molecule has 0 unspecified atom stereocenters. The maximum atomic E-state index is 12.6. The predicted molar refractivity (Wildman–Crippen MR) is 98.1 cm³/mol. The molecule has 0 aliphatic rings. The normalized spacial score (nSPS) is 11.1. The van der Waals surface area contributed by atoms with Gasteiger partial charge in [0.2, 0.25) is 5.88 Å². The van der Waals surface area contributed by atoms with E-state index in [0.29, 0.717) is 26.0 Å². The Morgan fingerprint density at radius 3 is 2.56 bits per heavy atom. The number of rotatable bonds is 5. The third kappa shape index (κ3) is 3.73. The average Bonchev–Trinajstić information content (AvgIpc) is 2.61. The lowest BCUT2D eigenvalue weighted by Gasteiger charge is -2.12. The van der Waals surface area contributed by atoms with Crippen LogP contribution in [0.25, 0.3) is 16.7 Å². The molecule has 2 heterocycles. The topological polar surface area (TPSA) is 53.4 Å². The molecular weight excluding hydrogens is 445 g/mol. The zero-order chi connectivity index (χ0) is 18.0. The molecule has 8 heteroatoms. The summed E-state index contributed by atoms with van der Waals surface area (Å²) in [5, 5.41) is 0.698. The van der Waals surface area contributed by atoms with Crippen LogP contribution in [0.4, 0.5) is 8.78 Å². The van der Waals surface area contributed by atoms with Crippen LogP contribution in [0.3, 0.4) is 0 Å². The summed E-state index contributed by atoms with van der Waals surface area (Å²) in [6.45, 7) is -0.754. The minimum Gasteiger partial charge on any atom is -0.497 e. The highest BCUT2D eigenvalue weighted by Gasteiger charge is 2.13. The first kappa shape index (κ1) is 17.6. The first-order valence-corrected chi connectivity index (χ1v) is 8.35. The Hall–Kier alpha value is -2.23. The van der Waals surface area contributed by atoms with Gasteiger partial charge >= 0.3 is 0 Å². The number of hydrogen-bond donors (Lipinski definition) is 0. The molecule has 0 fully saturated rings. The molecule has 5 nitrogen and oxygen atoms in total. The maximum absolute atomic E-state index is 12.6. The number of halogens is 3. The number of alkyl halides is 2. The highest BCUT2D eigenvalue weighted by atomic mass is 127. The lowest BCUT2D eigenvalue weighted by atomic mass is 10.2. The average molecular weight is 458 g/mol. The van der Waals surface area contributed by atoms with Crippen LogP contribution >= 0.6 is 22.6 Å². The monoisotopic (exact) mass is 458 g/mol. The lowest BCUT2D eigenvalue weighted by molar-refractivity contribution is 0.0797. The van der Waals surface area contributed by atoms with Crippen LogP contribution in [0.5, 0.6) is 11.6 Å². The molecule has 130 valence electrons. The van der Waals surface area contributed by atoms with E-state index in [0.717, 1.165) is 0 Å². The Bertz CT molecular complexity index is 959. The SMILES string of the molecule is COc1ccc(-n2c(=O)c(I)cc3ccc(OCC(F)F)nc32)cc1. The molecule has 0 spiro atoms. The maximum Gasteiger partial charge on any atom is 0.272 e. The summed E-state index contributed by atoms with van der Waals surface area (Å²) in [6, 6.07) is 11.8. The number of fused-ring (bicyclic) bond motifs is 1. The molecule has 0 saturated carbocycles. The van der Waals surface area contributed by atoms with Gasteiger partial charge in [0.25, 0.3) is 12.0 Å². The van der Waals surface area contributed by atoms with E-state index in [1.807, 2.05) is 22.6 Å². The van der Waals surface area contributed by atoms with Crippen molar-refractivity contribution in [3.05, 3.63) is 56.4 Å². The molecule has 1 aromatic carbocycles. The third-order valence-corrected chi connectivity index (χ3v) is 4.24. The molecule has 25 heavy (non-hydrogen) atoms. The summed E-state index contributed by atoms with van der Waals surface area (Å²) in [4.78, 5) is 16.9. The van der Waals surface area contributed by atoms with Crippen molar-refractivity contribution in [2.24, 2.45) is 0 Å².